The maximum absolute atomic E-state index is 11.8. The van der Waals surface area contributed by atoms with E-state index in [1.54, 1.807) is 36.1 Å². The molecule has 1 fully saturated rings. The van der Waals surface area contributed by atoms with Crippen LogP contribution >= 0.6 is 23.8 Å². The predicted molar refractivity (Wildman–Crippen MR) is 101 cm³/mol. The lowest BCUT2D eigenvalue weighted by molar-refractivity contribution is 0.0973. The summed E-state index contributed by atoms with van der Waals surface area (Å²) in [6, 6.07) is 7.04. The van der Waals surface area contributed by atoms with E-state index >= 15 is 0 Å². The van der Waals surface area contributed by atoms with Crippen molar-refractivity contribution in [3.63, 3.8) is 0 Å². The van der Waals surface area contributed by atoms with E-state index in [2.05, 4.69) is 5.10 Å². The summed E-state index contributed by atoms with van der Waals surface area (Å²) in [5.41, 5.74) is 0.770. The second-order valence-corrected chi connectivity index (χ2v) is 9.20. The van der Waals surface area contributed by atoms with Gasteiger partial charge in [0.2, 0.25) is 5.89 Å². The fourth-order valence-electron chi connectivity index (χ4n) is 2.92. The first kappa shape index (κ1) is 19.5. The van der Waals surface area contributed by atoms with Crippen LogP contribution in [-0.4, -0.2) is 60.9 Å². The predicted octanol–water partition coefficient (Wildman–Crippen LogP) is 2.62. The van der Waals surface area contributed by atoms with Gasteiger partial charge in [0.05, 0.1) is 24.8 Å². The van der Waals surface area contributed by atoms with Crippen LogP contribution in [0.4, 0.5) is 0 Å². The Hall–Kier alpha value is -1.26. The van der Waals surface area contributed by atoms with Crippen LogP contribution in [0.3, 0.4) is 0 Å². The van der Waals surface area contributed by atoms with Gasteiger partial charge in [-0.3, -0.25) is 4.90 Å². The molecule has 2 aromatic rings. The van der Waals surface area contributed by atoms with E-state index in [1.165, 1.54) is 0 Å². The van der Waals surface area contributed by atoms with Crippen LogP contribution in [0.2, 0.25) is 5.02 Å². The number of methoxy groups -OCH3 is 1. The topological polar surface area (TPSA) is 77.6 Å². The Balaban J connectivity index is 1.80. The lowest BCUT2D eigenvalue weighted by Gasteiger charge is -2.27. The Kier molecular flexibility index (Phi) is 6.13. The Morgan fingerprint density at radius 2 is 2.15 bits per heavy atom. The van der Waals surface area contributed by atoms with E-state index in [0.717, 1.165) is 5.56 Å². The molecule has 1 atom stereocenters. The summed E-state index contributed by atoms with van der Waals surface area (Å²) in [4.78, 5) is 2.26. The van der Waals surface area contributed by atoms with E-state index in [1.807, 2.05) is 4.90 Å². The minimum atomic E-state index is -2.98. The largest absolute Gasteiger partial charge is 0.409 e. The van der Waals surface area contributed by atoms with Gasteiger partial charge in [-0.25, -0.2) is 13.1 Å². The molecule has 0 N–H and O–H groups in total. The monoisotopic (exact) mass is 417 g/mol. The van der Waals surface area contributed by atoms with E-state index in [9.17, 15) is 8.42 Å². The Labute approximate surface area is 162 Å². The summed E-state index contributed by atoms with van der Waals surface area (Å²) in [6.07, 6.45) is 0.598. The molecule has 2 heterocycles. The summed E-state index contributed by atoms with van der Waals surface area (Å²) < 4.78 is 36.0. The number of benzene rings is 1. The Morgan fingerprint density at radius 3 is 2.77 bits per heavy atom. The average Bonchev–Trinajstić information content (AvgIpc) is 3.14. The van der Waals surface area contributed by atoms with E-state index < -0.39 is 9.84 Å². The molecule has 0 radical (unpaired) electrons. The van der Waals surface area contributed by atoms with Crippen LogP contribution in [0.25, 0.3) is 11.5 Å². The zero-order valence-electron chi connectivity index (χ0n) is 14.3. The molecule has 0 unspecified atom stereocenters. The molecular weight excluding hydrogens is 398 g/mol. The summed E-state index contributed by atoms with van der Waals surface area (Å²) in [5.74, 6) is 0.755. The highest BCUT2D eigenvalue weighted by Crippen LogP contribution is 2.22. The first-order chi connectivity index (χ1) is 12.4. The number of halogens is 1. The average molecular weight is 418 g/mol. The van der Waals surface area contributed by atoms with Crippen molar-refractivity contribution in [2.24, 2.45) is 0 Å². The number of sulfone groups is 1. The zero-order valence-corrected chi connectivity index (χ0v) is 16.7. The van der Waals surface area contributed by atoms with E-state index in [4.69, 9.17) is 33.0 Å². The van der Waals surface area contributed by atoms with Crippen molar-refractivity contribution in [3.8, 4) is 11.5 Å². The third kappa shape index (κ3) is 4.72. The summed E-state index contributed by atoms with van der Waals surface area (Å²) in [6.45, 7) is 1.42. The highest BCUT2D eigenvalue weighted by Gasteiger charge is 2.32. The van der Waals surface area contributed by atoms with Crippen molar-refractivity contribution >= 4 is 33.7 Å². The molecule has 3 rings (SSSR count). The number of aromatic nitrogens is 2. The lowest BCUT2D eigenvalue weighted by Crippen LogP contribution is -2.40. The van der Waals surface area contributed by atoms with Gasteiger partial charge in [-0.15, -0.1) is 5.10 Å². The van der Waals surface area contributed by atoms with Gasteiger partial charge in [0.15, 0.2) is 9.84 Å². The normalized spacial score (nSPS) is 19.3. The van der Waals surface area contributed by atoms with Gasteiger partial charge in [-0.2, -0.15) is 0 Å². The second-order valence-electron chi connectivity index (χ2n) is 6.18. The first-order valence-electron chi connectivity index (χ1n) is 8.15. The molecule has 1 aromatic heterocycles. The SMILES string of the molecule is COCCN(Cn1nc(-c2ccc(Cl)cc2)oc1=S)[C@H]1CCS(=O)(=O)C1. The van der Waals surface area contributed by atoms with Crippen LogP contribution in [0.5, 0.6) is 0 Å². The van der Waals surface area contributed by atoms with E-state index in [0.29, 0.717) is 37.2 Å². The summed E-state index contributed by atoms with van der Waals surface area (Å²) in [7, 11) is -1.37. The third-order valence-corrected chi connectivity index (χ3v) is 6.62. The number of ether oxygens (including phenoxy) is 1. The van der Waals surface area contributed by atoms with Crippen LogP contribution in [-0.2, 0) is 21.2 Å². The van der Waals surface area contributed by atoms with Crippen molar-refractivity contribution < 1.29 is 17.6 Å². The summed E-state index contributed by atoms with van der Waals surface area (Å²) in [5, 5.41) is 5.06. The lowest BCUT2D eigenvalue weighted by atomic mass is 10.2. The molecule has 0 spiro atoms. The van der Waals surface area contributed by atoms with Gasteiger partial charge in [0.1, 0.15) is 0 Å². The van der Waals surface area contributed by atoms with Gasteiger partial charge in [0.25, 0.3) is 4.84 Å². The molecule has 10 heteroatoms. The molecule has 142 valence electrons. The number of hydrogen-bond acceptors (Lipinski definition) is 7. The molecule has 0 aliphatic carbocycles. The van der Waals surface area contributed by atoms with Crippen molar-refractivity contribution in [1.82, 2.24) is 14.7 Å². The van der Waals surface area contributed by atoms with Gasteiger partial charge < -0.3 is 9.15 Å². The molecule has 0 amide bonds. The molecule has 7 nitrogen and oxygen atoms in total. The minimum Gasteiger partial charge on any atom is -0.409 e. The second kappa shape index (κ2) is 8.18. The highest BCUT2D eigenvalue weighted by atomic mass is 35.5. The van der Waals surface area contributed by atoms with Crippen LogP contribution < -0.4 is 0 Å². The van der Waals surface area contributed by atoms with Gasteiger partial charge in [0, 0.05) is 30.3 Å². The van der Waals surface area contributed by atoms with E-state index in [-0.39, 0.29) is 22.4 Å². The molecule has 1 saturated heterocycles. The maximum Gasteiger partial charge on any atom is 0.288 e. The van der Waals surface area contributed by atoms with Gasteiger partial charge in [-0.1, -0.05) is 11.6 Å². The summed E-state index contributed by atoms with van der Waals surface area (Å²) >= 11 is 11.2. The minimum absolute atomic E-state index is 0.0762. The number of rotatable bonds is 7. The molecule has 0 bridgehead atoms. The fraction of sp³-hybridized carbons (Fsp3) is 0.500. The number of hydrogen-bond donors (Lipinski definition) is 0. The molecule has 1 aliphatic rings. The van der Waals surface area contributed by atoms with Crippen LogP contribution in [0.15, 0.2) is 28.7 Å². The zero-order chi connectivity index (χ0) is 18.7. The first-order valence-corrected chi connectivity index (χ1v) is 10.8. The van der Waals surface area contributed by atoms with Crippen molar-refractivity contribution in [2.75, 3.05) is 31.8 Å². The van der Waals surface area contributed by atoms with Gasteiger partial charge >= 0.3 is 0 Å². The Bertz CT molecular complexity index is 908. The fourth-order valence-corrected chi connectivity index (χ4v) is 4.98. The molecular formula is C16H20ClN3O4S2. The molecule has 1 aliphatic heterocycles. The highest BCUT2D eigenvalue weighted by molar-refractivity contribution is 7.91. The third-order valence-electron chi connectivity index (χ3n) is 4.32. The van der Waals surface area contributed by atoms with Crippen molar-refractivity contribution in [3.05, 3.63) is 34.1 Å². The van der Waals surface area contributed by atoms with Gasteiger partial charge in [-0.05, 0) is 42.9 Å². The standard InChI is InChI=1S/C16H20ClN3O4S2/c1-23-8-7-19(14-6-9-26(21,22)10-14)11-20-16(25)24-15(18-20)12-2-4-13(17)5-3-12/h2-5,14H,6-11H2,1H3/t14-/m0/s1. The quantitative estimate of drug-likeness (QED) is 0.641. The molecule has 0 saturated carbocycles. The van der Waals surface area contributed by atoms with Crippen molar-refractivity contribution in [1.29, 1.82) is 0 Å². The Morgan fingerprint density at radius 1 is 1.42 bits per heavy atom. The smallest absolute Gasteiger partial charge is 0.288 e. The maximum atomic E-state index is 11.8. The number of nitrogens with zero attached hydrogens (tertiary/aromatic N) is 3. The van der Waals surface area contributed by atoms with Crippen LogP contribution in [0, 0.1) is 4.84 Å². The van der Waals surface area contributed by atoms with Crippen LogP contribution in [0.1, 0.15) is 6.42 Å². The van der Waals surface area contributed by atoms with Crippen molar-refractivity contribution in [2.45, 2.75) is 19.1 Å². The molecule has 26 heavy (non-hydrogen) atoms. The molecule has 1 aromatic carbocycles.